The molecule has 1 aliphatic heterocycles. The second-order valence-electron chi connectivity index (χ2n) is 6.65. The first-order chi connectivity index (χ1) is 13.9. The summed E-state index contributed by atoms with van der Waals surface area (Å²) in [5.41, 5.74) is 3.29. The van der Waals surface area contributed by atoms with E-state index in [2.05, 4.69) is 10.5 Å². The van der Waals surface area contributed by atoms with E-state index in [1.807, 2.05) is 0 Å². The van der Waals surface area contributed by atoms with Crippen LogP contribution in [0.15, 0.2) is 64.6 Å². The van der Waals surface area contributed by atoms with Crippen LogP contribution in [0.2, 0.25) is 0 Å². The summed E-state index contributed by atoms with van der Waals surface area (Å²) in [5, 5.41) is 12.8. The zero-order chi connectivity index (χ0) is 20.9. The van der Waals surface area contributed by atoms with E-state index in [1.54, 1.807) is 42.5 Å². The Balaban J connectivity index is 1.52. The number of nitrogens with one attached hydrogen (secondary N) is 1. The Morgan fingerprint density at radius 2 is 1.66 bits per heavy atom. The molecule has 2 aromatic rings. The van der Waals surface area contributed by atoms with Gasteiger partial charge >= 0.3 is 5.97 Å². The Morgan fingerprint density at radius 1 is 1.03 bits per heavy atom. The number of hydrazone groups is 1. The lowest BCUT2D eigenvalue weighted by atomic mass is 9.98. The molecule has 1 aliphatic rings. The highest BCUT2D eigenvalue weighted by Gasteiger charge is 2.31. The van der Waals surface area contributed by atoms with Gasteiger partial charge in [-0.3, -0.25) is 4.79 Å². The Labute approximate surface area is 168 Å². The van der Waals surface area contributed by atoms with E-state index in [1.165, 1.54) is 22.7 Å². The molecule has 0 aliphatic carbocycles. The first-order valence-electron chi connectivity index (χ1n) is 9.09. The van der Waals surface area contributed by atoms with E-state index in [0.717, 1.165) is 0 Å². The van der Waals surface area contributed by atoms with E-state index >= 15 is 0 Å². The molecule has 0 bridgehead atoms. The molecule has 0 saturated carbocycles. The van der Waals surface area contributed by atoms with Crippen LogP contribution in [0, 0.1) is 5.92 Å². The maximum atomic E-state index is 12.6. The number of sulfonamides is 1. The molecule has 2 N–H and O–H groups in total. The van der Waals surface area contributed by atoms with Gasteiger partial charge in [-0.05, 0) is 42.7 Å². The number of carboxylic acid groups (broad SMARTS) is 1. The predicted octanol–water partition coefficient (Wildman–Crippen LogP) is 1.94. The minimum atomic E-state index is -3.54. The van der Waals surface area contributed by atoms with E-state index in [0.29, 0.717) is 18.4 Å². The van der Waals surface area contributed by atoms with Gasteiger partial charge in [0.15, 0.2) is 0 Å². The maximum Gasteiger partial charge on any atom is 0.335 e. The van der Waals surface area contributed by atoms with Crippen molar-refractivity contribution in [3.05, 3.63) is 65.7 Å². The fraction of sp³-hybridized carbons (Fsp3) is 0.250. The van der Waals surface area contributed by atoms with Crippen LogP contribution in [0.25, 0.3) is 0 Å². The molecule has 0 radical (unpaired) electrons. The highest BCUT2D eigenvalue weighted by Crippen LogP contribution is 2.23. The van der Waals surface area contributed by atoms with Crippen LogP contribution in [0.5, 0.6) is 0 Å². The van der Waals surface area contributed by atoms with Crippen molar-refractivity contribution in [1.82, 2.24) is 9.73 Å². The Morgan fingerprint density at radius 3 is 2.24 bits per heavy atom. The number of nitrogens with zero attached hydrogens (tertiary/aromatic N) is 2. The number of benzene rings is 2. The molecule has 152 valence electrons. The van der Waals surface area contributed by atoms with Gasteiger partial charge in [0, 0.05) is 19.0 Å². The largest absolute Gasteiger partial charge is 0.478 e. The van der Waals surface area contributed by atoms with Gasteiger partial charge in [0.05, 0.1) is 16.7 Å². The summed E-state index contributed by atoms with van der Waals surface area (Å²) in [6.07, 6.45) is 2.26. The molecule has 0 atom stereocenters. The molecule has 1 amide bonds. The minimum Gasteiger partial charge on any atom is -0.478 e. The third-order valence-electron chi connectivity index (χ3n) is 4.75. The second-order valence-corrected chi connectivity index (χ2v) is 8.59. The van der Waals surface area contributed by atoms with Crippen molar-refractivity contribution in [3.63, 3.8) is 0 Å². The number of amides is 1. The van der Waals surface area contributed by atoms with Gasteiger partial charge in [0.2, 0.25) is 15.9 Å². The molecule has 0 unspecified atom stereocenters. The number of piperidine rings is 1. The van der Waals surface area contributed by atoms with E-state index in [-0.39, 0.29) is 35.4 Å². The van der Waals surface area contributed by atoms with Crippen LogP contribution >= 0.6 is 0 Å². The van der Waals surface area contributed by atoms with Crippen molar-refractivity contribution in [3.8, 4) is 0 Å². The quantitative estimate of drug-likeness (QED) is 0.552. The van der Waals surface area contributed by atoms with Crippen LogP contribution in [-0.4, -0.2) is 49.0 Å². The third kappa shape index (κ3) is 5.07. The minimum absolute atomic E-state index is 0.170. The van der Waals surface area contributed by atoms with Gasteiger partial charge in [0.25, 0.3) is 0 Å². The summed E-state index contributed by atoms with van der Waals surface area (Å²) < 4.78 is 26.6. The van der Waals surface area contributed by atoms with Crippen molar-refractivity contribution in [2.75, 3.05) is 13.1 Å². The number of carbonyl (C=O) groups excluding carboxylic acids is 1. The molecule has 29 heavy (non-hydrogen) atoms. The third-order valence-corrected chi connectivity index (χ3v) is 6.66. The fourth-order valence-electron chi connectivity index (χ4n) is 3.07. The number of carbonyl (C=O) groups is 2. The number of carboxylic acids is 1. The molecule has 1 fully saturated rings. The lowest BCUT2D eigenvalue weighted by molar-refractivity contribution is -0.126. The van der Waals surface area contributed by atoms with Gasteiger partial charge in [-0.15, -0.1) is 0 Å². The number of hydrogen-bond donors (Lipinski definition) is 2. The van der Waals surface area contributed by atoms with Crippen molar-refractivity contribution in [2.45, 2.75) is 17.7 Å². The summed E-state index contributed by atoms with van der Waals surface area (Å²) in [6, 6.07) is 14.3. The van der Waals surface area contributed by atoms with E-state index < -0.39 is 16.0 Å². The summed E-state index contributed by atoms with van der Waals surface area (Å²) in [7, 11) is -3.54. The lowest BCUT2D eigenvalue weighted by Gasteiger charge is -2.30. The topological polar surface area (TPSA) is 116 Å². The average molecular weight is 415 g/mol. The SMILES string of the molecule is O=C(O)c1ccc(/C=N\NC(=O)C2CCN(S(=O)(=O)c3ccccc3)CC2)cc1. The average Bonchev–Trinajstić information content (AvgIpc) is 2.74. The molecular weight excluding hydrogens is 394 g/mol. The predicted molar refractivity (Wildman–Crippen MR) is 107 cm³/mol. The van der Waals surface area contributed by atoms with Gasteiger partial charge < -0.3 is 5.11 Å². The van der Waals surface area contributed by atoms with Gasteiger partial charge in [-0.25, -0.2) is 18.6 Å². The van der Waals surface area contributed by atoms with Gasteiger partial charge in [-0.2, -0.15) is 9.41 Å². The van der Waals surface area contributed by atoms with Crippen molar-refractivity contribution in [1.29, 1.82) is 0 Å². The molecule has 1 heterocycles. The Kier molecular flexibility index (Phi) is 6.40. The molecular formula is C20H21N3O5S. The first-order valence-corrected chi connectivity index (χ1v) is 10.5. The zero-order valence-corrected chi connectivity index (χ0v) is 16.4. The fourth-order valence-corrected chi connectivity index (χ4v) is 4.56. The maximum absolute atomic E-state index is 12.6. The summed E-state index contributed by atoms with van der Waals surface area (Å²) in [6.45, 7) is 0.547. The van der Waals surface area contributed by atoms with E-state index in [9.17, 15) is 18.0 Å². The van der Waals surface area contributed by atoms with Crippen LogP contribution in [0.4, 0.5) is 0 Å². The van der Waals surface area contributed by atoms with Gasteiger partial charge in [0.1, 0.15) is 0 Å². The highest BCUT2D eigenvalue weighted by atomic mass is 32.2. The first kappa shape index (κ1) is 20.7. The molecule has 0 spiro atoms. The van der Waals surface area contributed by atoms with Crippen molar-refractivity contribution >= 4 is 28.1 Å². The zero-order valence-electron chi connectivity index (χ0n) is 15.6. The Hall–Kier alpha value is -3.04. The molecule has 0 aromatic heterocycles. The molecule has 8 nitrogen and oxygen atoms in total. The standard InChI is InChI=1S/C20H21N3O5S/c24-19(22-21-14-15-6-8-17(9-7-15)20(25)26)16-10-12-23(13-11-16)29(27,28)18-4-2-1-3-5-18/h1-9,14,16H,10-13H2,(H,22,24)(H,25,26)/b21-14-. The van der Waals surface area contributed by atoms with Crippen molar-refractivity contribution < 1.29 is 23.1 Å². The number of hydrogen-bond acceptors (Lipinski definition) is 5. The molecule has 1 saturated heterocycles. The lowest BCUT2D eigenvalue weighted by Crippen LogP contribution is -2.42. The molecule has 9 heteroatoms. The summed E-state index contributed by atoms with van der Waals surface area (Å²) in [4.78, 5) is 23.4. The monoisotopic (exact) mass is 415 g/mol. The van der Waals surface area contributed by atoms with Crippen molar-refractivity contribution in [2.24, 2.45) is 11.0 Å². The summed E-state index contributed by atoms with van der Waals surface area (Å²) in [5.74, 6) is -1.59. The van der Waals surface area contributed by atoms with Crippen LogP contribution in [0.1, 0.15) is 28.8 Å². The summed E-state index contributed by atoms with van der Waals surface area (Å²) >= 11 is 0. The smallest absolute Gasteiger partial charge is 0.335 e. The molecule has 3 rings (SSSR count). The number of rotatable bonds is 6. The van der Waals surface area contributed by atoms with Crippen LogP contribution in [0.3, 0.4) is 0 Å². The highest BCUT2D eigenvalue weighted by molar-refractivity contribution is 7.89. The second kappa shape index (κ2) is 8.97. The normalized spacial score (nSPS) is 16.0. The van der Waals surface area contributed by atoms with Crippen LogP contribution < -0.4 is 5.43 Å². The van der Waals surface area contributed by atoms with Crippen LogP contribution in [-0.2, 0) is 14.8 Å². The molecule has 2 aromatic carbocycles. The Bertz CT molecular complexity index is 996. The number of aromatic carboxylic acids is 1. The van der Waals surface area contributed by atoms with Gasteiger partial charge in [-0.1, -0.05) is 30.3 Å². The van der Waals surface area contributed by atoms with E-state index in [4.69, 9.17) is 5.11 Å².